The summed E-state index contributed by atoms with van der Waals surface area (Å²) in [5, 5.41) is 10.2. The van der Waals surface area contributed by atoms with Crippen LogP contribution in [0, 0.1) is 0 Å². The molecule has 5 rings (SSSR count). The van der Waals surface area contributed by atoms with E-state index in [0.717, 1.165) is 0 Å². The minimum atomic E-state index is 0.595. The molecule has 5 aromatic rings. The first-order chi connectivity index (χ1) is 17.8. The van der Waals surface area contributed by atoms with Gasteiger partial charge in [-0.25, -0.2) is 0 Å². The highest BCUT2D eigenvalue weighted by atomic mass is 32.1. The van der Waals surface area contributed by atoms with Crippen molar-refractivity contribution >= 4 is 64.7 Å². The number of fused-ring (bicyclic) bond motifs is 5. The van der Waals surface area contributed by atoms with Crippen molar-refractivity contribution in [2.75, 3.05) is 0 Å². The molecule has 0 fully saturated rings. The van der Waals surface area contributed by atoms with Gasteiger partial charge in [0.15, 0.2) is 0 Å². The smallest absolute Gasteiger partial charge is 0.0508 e. The third-order valence-corrected chi connectivity index (χ3v) is 9.86. The van der Waals surface area contributed by atoms with Gasteiger partial charge in [0.2, 0.25) is 0 Å². The predicted molar refractivity (Wildman–Crippen MR) is 165 cm³/mol. The molecule has 3 heterocycles. The molecule has 36 heavy (non-hydrogen) atoms. The van der Waals surface area contributed by atoms with E-state index in [2.05, 4.69) is 65.6 Å². The number of aromatic nitrogens is 1. The monoisotopic (exact) mass is 517 g/mol. The Hall–Kier alpha value is -1.84. The van der Waals surface area contributed by atoms with Crippen LogP contribution in [0.1, 0.15) is 110 Å². The standard InChI is InChI=1S/C33H43NS2/c1-3-5-7-9-11-13-15-27(16-14-12-10-8-6-4-2)34-30-23-32-25(17-19-35-32)21-28(30)29-22-26-18-20-36-33(26)24-31(29)34/h17-24,27H,3-16H2,1-2H3. The van der Waals surface area contributed by atoms with Crippen LogP contribution in [0.4, 0.5) is 0 Å². The van der Waals surface area contributed by atoms with Crippen molar-refractivity contribution in [2.45, 2.75) is 110 Å². The van der Waals surface area contributed by atoms with Gasteiger partial charge in [0, 0.05) is 26.2 Å². The fourth-order valence-corrected chi connectivity index (χ4v) is 7.68. The van der Waals surface area contributed by atoms with Crippen molar-refractivity contribution in [3.63, 3.8) is 0 Å². The molecule has 192 valence electrons. The normalized spacial score (nSPS) is 12.3. The van der Waals surface area contributed by atoms with Gasteiger partial charge in [0.25, 0.3) is 0 Å². The number of rotatable bonds is 15. The average molecular weight is 518 g/mol. The largest absolute Gasteiger partial charge is 0.337 e. The maximum Gasteiger partial charge on any atom is 0.0508 e. The van der Waals surface area contributed by atoms with Crippen LogP contribution in [0.3, 0.4) is 0 Å². The first-order valence-electron chi connectivity index (χ1n) is 14.6. The van der Waals surface area contributed by atoms with Crippen LogP contribution in [-0.2, 0) is 0 Å². The summed E-state index contributed by atoms with van der Waals surface area (Å²) in [5.41, 5.74) is 2.92. The number of hydrogen-bond donors (Lipinski definition) is 0. The predicted octanol–water partition coefficient (Wildman–Crippen LogP) is 12.3. The van der Waals surface area contributed by atoms with E-state index >= 15 is 0 Å². The van der Waals surface area contributed by atoms with Crippen LogP contribution in [0.25, 0.3) is 42.0 Å². The summed E-state index contributed by atoms with van der Waals surface area (Å²) in [7, 11) is 0. The minimum Gasteiger partial charge on any atom is -0.337 e. The quantitative estimate of drug-likeness (QED) is 0.122. The van der Waals surface area contributed by atoms with Gasteiger partial charge in [0.1, 0.15) is 0 Å². The Morgan fingerprint density at radius 1 is 0.583 bits per heavy atom. The van der Waals surface area contributed by atoms with Crippen LogP contribution in [0.5, 0.6) is 0 Å². The van der Waals surface area contributed by atoms with Crippen LogP contribution in [0.15, 0.2) is 47.2 Å². The molecule has 0 bridgehead atoms. The fourth-order valence-electron chi connectivity index (χ4n) is 6.07. The molecule has 0 amide bonds. The Bertz CT molecular complexity index is 1280. The van der Waals surface area contributed by atoms with Gasteiger partial charge in [-0.15, -0.1) is 22.7 Å². The molecule has 0 N–H and O–H groups in total. The molecule has 0 atom stereocenters. The molecule has 1 nitrogen and oxygen atoms in total. The summed E-state index contributed by atoms with van der Waals surface area (Å²) in [4.78, 5) is 0. The highest BCUT2D eigenvalue weighted by molar-refractivity contribution is 7.17. The lowest BCUT2D eigenvalue weighted by Crippen LogP contribution is -2.09. The van der Waals surface area contributed by atoms with Crippen molar-refractivity contribution in [1.29, 1.82) is 0 Å². The number of nitrogens with zero attached hydrogens (tertiary/aromatic N) is 1. The van der Waals surface area contributed by atoms with Crippen molar-refractivity contribution in [3.8, 4) is 0 Å². The Labute approximate surface area is 225 Å². The number of unbranched alkanes of at least 4 members (excludes halogenated alkanes) is 10. The zero-order chi connectivity index (χ0) is 24.7. The van der Waals surface area contributed by atoms with Crippen LogP contribution in [0.2, 0.25) is 0 Å². The Kier molecular flexibility index (Phi) is 9.03. The molecular formula is C33H43NS2. The van der Waals surface area contributed by atoms with Gasteiger partial charge in [-0.05, 0) is 70.8 Å². The maximum atomic E-state index is 2.78. The highest BCUT2D eigenvalue weighted by Crippen LogP contribution is 2.41. The molecule has 0 saturated heterocycles. The Balaban J connectivity index is 1.50. The SMILES string of the molecule is CCCCCCCCC(CCCCCCCC)n1c2cc3sccc3cc2c2cc3ccsc3cc21. The first kappa shape index (κ1) is 25.8. The third kappa shape index (κ3) is 5.68. The zero-order valence-electron chi connectivity index (χ0n) is 22.4. The summed E-state index contributed by atoms with van der Waals surface area (Å²) in [6, 6.07) is 15.1. The number of thiophene rings is 2. The average Bonchev–Trinajstić information content (AvgIpc) is 3.61. The first-order valence-corrected chi connectivity index (χ1v) is 16.4. The van der Waals surface area contributed by atoms with E-state index in [1.165, 1.54) is 132 Å². The summed E-state index contributed by atoms with van der Waals surface area (Å²) >= 11 is 3.77. The summed E-state index contributed by atoms with van der Waals surface area (Å²) < 4.78 is 5.62. The van der Waals surface area contributed by atoms with Gasteiger partial charge < -0.3 is 4.57 Å². The van der Waals surface area contributed by atoms with Gasteiger partial charge in [-0.2, -0.15) is 0 Å². The number of benzene rings is 2. The van der Waals surface area contributed by atoms with E-state index in [1.807, 2.05) is 22.7 Å². The fraction of sp³-hybridized carbons (Fsp3) is 0.515. The number of hydrogen-bond acceptors (Lipinski definition) is 2. The van der Waals surface area contributed by atoms with Gasteiger partial charge in [-0.1, -0.05) is 90.9 Å². The van der Waals surface area contributed by atoms with Crippen molar-refractivity contribution in [1.82, 2.24) is 4.57 Å². The second-order valence-electron chi connectivity index (χ2n) is 10.8. The second kappa shape index (κ2) is 12.6. The molecule has 0 aliphatic heterocycles. The summed E-state index contributed by atoms with van der Waals surface area (Å²) in [6.07, 6.45) is 19.1. The molecule has 0 aliphatic carbocycles. The van der Waals surface area contributed by atoms with E-state index in [4.69, 9.17) is 0 Å². The molecule has 3 aromatic heterocycles. The molecule has 0 aliphatic rings. The molecule has 0 radical (unpaired) electrons. The molecular weight excluding hydrogens is 475 g/mol. The highest BCUT2D eigenvalue weighted by Gasteiger charge is 2.20. The lowest BCUT2D eigenvalue weighted by molar-refractivity contribution is 0.410. The Morgan fingerprint density at radius 3 is 1.50 bits per heavy atom. The lowest BCUT2D eigenvalue weighted by atomic mass is 9.99. The van der Waals surface area contributed by atoms with Crippen molar-refractivity contribution in [3.05, 3.63) is 47.2 Å². The molecule has 0 unspecified atom stereocenters. The van der Waals surface area contributed by atoms with E-state index in [9.17, 15) is 0 Å². The van der Waals surface area contributed by atoms with Crippen LogP contribution in [-0.4, -0.2) is 4.57 Å². The second-order valence-corrected chi connectivity index (χ2v) is 12.7. The molecule has 2 aromatic carbocycles. The van der Waals surface area contributed by atoms with Crippen LogP contribution < -0.4 is 0 Å². The lowest BCUT2D eigenvalue weighted by Gasteiger charge is -2.22. The van der Waals surface area contributed by atoms with Crippen molar-refractivity contribution in [2.24, 2.45) is 0 Å². The summed E-state index contributed by atoms with van der Waals surface area (Å²) in [5.74, 6) is 0. The molecule has 3 heteroatoms. The maximum absolute atomic E-state index is 2.78. The van der Waals surface area contributed by atoms with Crippen LogP contribution >= 0.6 is 22.7 Å². The third-order valence-electron chi connectivity index (χ3n) is 8.10. The van der Waals surface area contributed by atoms with E-state index in [1.54, 1.807) is 0 Å². The minimum absolute atomic E-state index is 0.595. The Morgan fingerprint density at radius 2 is 1.03 bits per heavy atom. The topological polar surface area (TPSA) is 4.93 Å². The van der Waals surface area contributed by atoms with Gasteiger partial charge in [-0.3, -0.25) is 0 Å². The van der Waals surface area contributed by atoms with Crippen molar-refractivity contribution < 1.29 is 0 Å². The van der Waals surface area contributed by atoms with E-state index < -0.39 is 0 Å². The van der Waals surface area contributed by atoms with Gasteiger partial charge >= 0.3 is 0 Å². The van der Waals surface area contributed by atoms with E-state index in [-0.39, 0.29) is 0 Å². The van der Waals surface area contributed by atoms with Gasteiger partial charge in [0.05, 0.1) is 11.0 Å². The molecule has 0 saturated carbocycles. The zero-order valence-corrected chi connectivity index (χ0v) is 24.0. The summed E-state index contributed by atoms with van der Waals surface area (Å²) in [6.45, 7) is 4.63. The van der Waals surface area contributed by atoms with E-state index in [0.29, 0.717) is 6.04 Å². The molecule has 0 spiro atoms.